The molecule has 0 bridgehead atoms. The Morgan fingerprint density at radius 3 is 2.74 bits per heavy atom. The summed E-state index contributed by atoms with van der Waals surface area (Å²) in [7, 11) is 0. The van der Waals surface area contributed by atoms with Gasteiger partial charge in [-0.1, -0.05) is 13.8 Å². The highest BCUT2D eigenvalue weighted by atomic mass is 32.1. The highest BCUT2D eigenvalue weighted by Crippen LogP contribution is 2.14. The zero-order chi connectivity index (χ0) is 14.3. The molecule has 1 heterocycles. The van der Waals surface area contributed by atoms with Crippen molar-refractivity contribution >= 4 is 23.2 Å². The summed E-state index contributed by atoms with van der Waals surface area (Å²) in [6, 6.07) is 1.65. The molecule has 0 saturated carbocycles. The molecule has 0 atom stereocenters. The fourth-order valence-corrected chi connectivity index (χ4v) is 2.23. The molecule has 0 radical (unpaired) electrons. The number of rotatable bonds is 8. The van der Waals surface area contributed by atoms with Gasteiger partial charge in [-0.05, 0) is 12.0 Å². The van der Waals surface area contributed by atoms with Crippen LogP contribution in [-0.4, -0.2) is 30.1 Å². The number of carboxylic acids is 1. The van der Waals surface area contributed by atoms with Gasteiger partial charge in [-0.15, -0.1) is 11.3 Å². The lowest BCUT2D eigenvalue weighted by molar-refractivity contribution is -0.121. The Balaban J connectivity index is 2.16. The van der Waals surface area contributed by atoms with Crippen LogP contribution >= 0.6 is 11.3 Å². The summed E-state index contributed by atoms with van der Waals surface area (Å²) in [5.41, 5.74) is 0.316. The van der Waals surface area contributed by atoms with Crippen molar-refractivity contribution < 1.29 is 14.7 Å². The molecule has 1 rings (SSSR count). The standard InChI is InChI=1S/C13H20N2O3S/c1-9(2)6-15-12(16)3-4-14-7-11-5-10(8-19-11)13(17)18/h5,8-9,14H,3-4,6-7H2,1-2H3,(H,15,16)(H,17,18). The second-order valence-corrected chi connectivity index (χ2v) is 5.73. The topological polar surface area (TPSA) is 78.4 Å². The van der Waals surface area contributed by atoms with E-state index in [4.69, 9.17) is 5.11 Å². The molecule has 0 fully saturated rings. The molecule has 5 nitrogen and oxygen atoms in total. The van der Waals surface area contributed by atoms with Gasteiger partial charge in [0.25, 0.3) is 0 Å². The van der Waals surface area contributed by atoms with Crippen molar-refractivity contribution in [2.75, 3.05) is 13.1 Å². The monoisotopic (exact) mass is 284 g/mol. The molecule has 1 amide bonds. The molecule has 0 aromatic carbocycles. The van der Waals surface area contributed by atoms with E-state index in [1.165, 1.54) is 11.3 Å². The highest BCUT2D eigenvalue weighted by molar-refractivity contribution is 7.10. The van der Waals surface area contributed by atoms with Gasteiger partial charge < -0.3 is 15.7 Å². The third kappa shape index (κ3) is 6.35. The first-order valence-corrected chi connectivity index (χ1v) is 7.15. The molecule has 6 heteroatoms. The SMILES string of the molecule is CC(C)CNC(=O)CCNCc1cc(C(=O)O)cs1. The number of aromatic carboxylic acids is 1. The van der Waals surface area contributed by atoms with Crippen molar-refractivity contribution in [3.8, 4) is 0 Å². The molecule has 0 aliphatic carbocycles. The van der Waals surface area contributed by atoms with Crippen molar-refractivity contribution in [3.63, 3.8) is 0 Å². The van der Waals surface area contributed by atoms with Crippen LogP contribution in [0, 0.1) is 5.92 Å². The molecule has 0 aliphatic rings. The van der Waals surface area contributed by atoms with E-state index in [1.54, 1.807) is 11.4 Å². The number of carboxylic acid groups (broad SMARTS) is 1. The molecular weight excluding hydrogens is 264 g/mol. The van der Waals surface area contributed by atoms with E-state index in [-0.39, 0.29) is 5.91 Å². The minimum Gasteiger partial charge on any atom is -0.478 e. The quantitative estimate of drug-likeness (QED) is 0.635. The first-order chi connectivity index (χ1) is 8.99. The summed E-state index contributed by atoms with van der Waals surface area (Å²) < 4.78 is 0. The average molecular weight is 284 g/mol. The number of amides is 1. The van der Waals surface area contributed by atoms with Crippen molar-refractivity contribution in [2.24, 2.45) is 5.92 Å². The normalized spacial score (nSPS) is 10.7. The molecule has 1 aromatic heterocycles. The highest BCUT2D eigenvalue weighted by Gasteiger charge is 2.06. The van der Waals surface area contributed by atoms with Crippen LogP contribution < -0.4 is 10.6 Å². The minimum absolute atomic E-state index is 0.0404. The van der Waals surface area contributed by atoms with Gasteiger partial charge in [0.15, 0.2) is 0 Å². The van der Waals surface area contributed by atoms with E-state index in [0.717, 1.165) is 4.88 Å². The summed E-state index contributed by atoms with van der Waals surface area (Å²) >= 11 is 1.41. The summed E-state index contributed by atoms with van der Waals surface area (Å²) in [5, 5.41) is 16.4. The Kier molecular flexibility index (Phi) is 6.52. The van der Waals surface area contributed by atoms with E-state index in [0.29, 0.717) is 37.5 Å². The molecule has 19 heavy (non-hydrogen) atoms. The maximum absolute atomic E-state index is 11.4. The maximum atomic E-state index is 11.4. The van der Waals surface area contributed by atoms with Crippen molar-refractivity contribution in [1.82, 2.24) is 10.6 Å². The third-order valence-electron chi connectivity index (χ3n) is 2.44. The van der Waals surface area contributed by atoms with E-state index < -0.39 is 5.97 Å². The van der Waals surface area contributed by atoms with Gasteiger partial charge in [-0.2, -0.15) is 0 Å². The van der Waals surface area contributed by atoms with Crippen molar-refractivity contribution in [1.29, 1.82) is 0 Å². The van der Waals surface area contributed by atoms with Gasteiger partial charge in [-0.3, -0.25) is 4.79 Å². The smallest absolute Gasteiger partial charge is 0.336 e. The fraction of sp³-hybridized carbons (Fsp3) is 0.538. The maximum Gasteiger partial charge on any atom is 0.336 e. The van der Waals surface area contributed by atoms with Crippen LogP contribution in [0.2, 0.25) is 0 Å². The van der Waals surface area contributed by atoms with Crippen LogP contribution in [0.25, 0.3) is 0 Å². The molecule has 0 saturated heterocycles. The van der Waals surface area contributed by atoms with Crippen LogP contribution in [0.15, 0.2) is 11.4 Å². The lowest BCUT2D eigenvalue weighted by Gasteiger charge is -2.07. The molecular formula is C13H20N2O3S. The number of carbonyl (C=O) groups excluding carboxylic acids is 1. The third-order valence-corrected chi connectivity index (χ3v) is 3.37. The number of carbonyl (C=O) groups is 2. The number of hydrogen-bond donors (Lipinski definition) is 3. The van der Waals surface area contributed by atoms with Gasteiger partial charge in [0.2, 0.25) is 5.91 Å². The molecule has 0 spiro atoms. The molecule has 0 aliphatic heterocycles. The van der Waals surface area contributed by atoms with Crippen LogP contribution in [0.4, 0.5) is 0 Å². The van der Waals surface area contributed by atoms with Gasteiger partial charge in [0.05, 0.1) is 5.56 Å². The zero-order valence-corrected chi connectivity index (χ0v) is 12.0. The summed E-state index contributed by atoms with van der Waals surface area (Å²) in [4.78, 5) is 23.1. The van der Waals surface area contributed by atoms with Crippen LogP contribution in [0.1, 0.15) is 35.5 Å². The van der Waals surface area contributed by atoms with E-state index in [9.17, 15) is 9.59 Å². The van der Waals surface area contributed by atoms with Crippen LogP contribution in [0.5, 0.6) is 0 Å². The Morgan fingerprint density at radius 2 is 2.16 bits per heavy atom. The Bertz CT molecular complexity index is 429. The lowest BCUT2D eigenvalue weighted by Crippen LogP contribution is -2.30. The average Bonchev–Trinajstić information content (AvgIpc) is 2.81. The van der Waals surface area contributed by atoms with E-state index in [1.807, 2.05) is 0 Å². The first-order valence-electron chi connectivity index (χ1n) is 6.27. The largest absolute Gasteiger partial charge is 0.478 e. The number of hydrogen-bond acceptors (Lipinski definition) is 4. The Labute approximate surface area is 117 Å². The van der Waals surface area contributed by atoms with Gasteiger partial charge >= 0.3 is 5.97 Å². The molecule has 3 N–H and O–H groups in total. The predicted molar refractivity (Wildman–Crippen MR) is 75.4 cm³/mol. The lowest BCUT2D eigenvalue weighted by atomic mass is 10.2. The molecule has 1 aromatic rings. The van der Waals surface area contributed by atoms with E-state index >= 15 is 0 Å². The Hall–Kier alpha value is -1.40. The predicted octanol–water partition coefficient (Wildman–Crippen LogP) is 1.70. The van der Waals surface area contributed by atoms with E-state index in [2.05, 4.69) is 24.5 Å². The zero-order valence-electron chi connectivity index (χ0n) is 11.2. The molecule has 0 unspecified atom stereocenters. The van der Waals surface area contributed by atoms with Gasteiger partial charge in [-0.25, -0.2) is 4.79 Å². The van der Waals surface area contributed by atoms with Gasteiger partial charge in [0.1, 0.15) is 0 Å². The van der Waals surface area contributed by atoms with Crippen molar-refractivity contribution in [3.05, 3.63) is 21.9 Å². The second-order valence-electron chi connectivity index (χ2n) is 4.73. The van der Waals surface area contributed by atoms with Crippen LogP contribution in [0.3, 0.4) is 0 Å². The fourth-order valence-electron chi connectivity index (χ4n) is 1.41. The summed E-state index contributed by atoms with van der Waals surface area (Å²) in [6.07, 6.45) is 0.434. The van der Waals surface area contributed by atoms with Crippen molar-refractivity contribution in [2.45, 2.75) is 26.8 Å². The van der Waals surface area contributed by atoms with Crippen LogP contribution in [-0.2, 0) is 11.3 Å². The number of thiophene rings is 1. The summed E-state index contributed by atoms with van der Waals surface area (Å²) in [5.74, 6) is -0.411. The van der Waals surface area contributed by atoms with Gasteiger partial charge in [0, 0.05) is 36.3 Å². The first kappa shape index (κ1) is 15.7. The number of nitrogens with one attached hydrogen (secondary N) is 2. The minimum atomic E-state index is -0.907. The summed E-state index contributed by atoms with van der Waals surface area (Å²) in [6.45, 7) is 5.98. The Morgan fingerprint density at radius 1 is 1.42 bits per heavy atom. The second kappa shape index (κ2) is 7.91. The molecule has 106 valence electrons.